The van der Waals surface area contributed by atoms with Gasteiger partial charge in [-0.1, -0.05) is 75.8 Å². The molecule has 2 aromatic rings. The van der Waals surface area contributed by atoms with Gasteiger partial charge >= 0.3 is 5.97 Å². The van der Waals surface area contributed by atoms with E-state index >= 15 is 0 Å². The number of carboxylic acids is 1. The highest BCUT2D eigenvalue weighted by Gasteiger charge is 2.11. The highest BCUT2D eigenvalue weighted by atomic mass is 16.5. The van der Waals surface area contributed by atoms with Gasteiger partial charge in [-0.2, -0.15) is 0 Å². The molecule has 0 saturated carbocycles. The summed E-state index contributed by atoms with van der Waals surface area (Å²) in [4.78, 5) is 11.2. The number of carboxylic acid groups (broad SMARTS) is 1. The van der Waals surface area contributed by atoms with Crippen LogP contribution < -0.4 is 4.74 Å². The molecule has 3 heteroatoms. The van der Waals surface area contributed by atoms with Crippen molar-refractivity contribution in [1.29, 1.82) is 0 Å². The molecule has 0 saturated heterocycles. The summed E-state index contributed by atoms with van der Waals surface area (Å²) in [7, 11) is 0. The van der Waals surface area contributed by atoms with Gasteiger partial charge in [0, 0.05) is 5.56 Å². The van der Waals surface area contributed by atoms with E-state index < -0.39 is 5.97 Å². The first-order chi connectivity index (χ1) is 12.2. The van der Waals surface area contributed by atoms with E-state index in [9.17, 15) is 9.90 Å². The normalized spacial score (nSPS) is 10.6. The Balaban J connectivity index is 1.95. The van der Waals surface area contributed by atoms with E-state index in [0.29, 0.717) is 12.4 Å². The number of rotatable bonds is 11. The van der Waals surface area contributed by atoms with Crippen LogP contribution in [0.3, 0.4) is 0 Å². The second-order valence-electron chi connectivity index (χ2n) is 6.35. The zero-order valence-corrected chi connectivity index (χ0v) is 15.0. The van der Waals surface area contributed by atoms with Crippen LogP contribution in [-0.2, 0) is 0 Å². The molecule has 2 aromatic carbocycles. The minimum Gasteiger partial charge on any atom is -0.493 e. The molecule has 0 amide bonds. The van der Waals surface area contributed by atoms with Crippen molar-refractivity contribution < 1.29 is 14.6 Å². The summed E-state index contributed by atoms with van der Waals surface area (Å²) in [6, 6.07) is 15.0. The smallest absolute Gasteiger partial charge is 0.335 e. The highest BCUT2D eigenvalue weighted by molar-refractivity contribution is 5.89. The standard InChI is InChI=1S/C22H28O3/c1-2-3-4-5-6-7-11-16-25-21-17-19(22(23)24)14-15-20(21)18-12-9-8-10-13-18/h8-10,12-15,17H,2-7,11,16H2,1H3,(H,23,24). The van der Waals surface area contributed by atoms with Crippen LogP contribution in [0, 0.1) is 0 Å². The number of ether oxygens (including phenoxy) is 1. The molecule has 0 aliphatic carbocycles. The third kappa shape index (κ3) is 6.26. The molecular weight excluding hydrogens is 312 g/mol. The Morgan fingerprint density at radius 1 is 0.920 bits per heavy atom. The first-order valence-electron chi connectivity index (χ1n) is 9.28. The van der Waals surface area contributed by atoms with Crippen LogP contribution in [0.25, 0.3) is 11.1 Å². The minimum absolute atomic E-state index is 0.259. The summed E-state index contributed by atoms with van der Waals surface area (Å²) in [6.07, 6.45) is 8.59. The maximum absolute atomic E-state index is 11.2. The predicted molar refractivity (Wildman–Crippen MR) is 102 cm³/mol. The number of carbonyl (C=O) groups is 1. The van der Waals surface area contributed by atoms with Crippen LogP contribution in [-0.4, -0.2) is 17.7 Å². The maximum atomic E-state index is 11.2. The Bertz CT molecular complexity index is 650. The number of hydrogen-bond donors (Lipinski definition) is 1. The maximum Gasteiger partial charge on any atom is 0.335 e. The van der Waals surface area contributed by atoms with Gasteiger partial charge in [0.05, 0.1) is 12.2 Å². The summed E-state index contributed by atoms with van der Waals surface area (Å²) < 4.78 is 5.95. The molecule has 134 valence electrons. The van der Waals surface area contributed by atoms with Crippen molar-refractivity contribution in [2.24, 2.45) is 0 Å². The van der Waals surface area contributed by atoms with Gasteiger partial charge < -0.3 is 9.84 Å². The second-order valence-corrected chi connectivity index (χ2v) is 6.35. The van der Waals surface area contributed by atoms with Crippen molar-refractivity contribution in [2.75, 3.05) is 6.61 Å². The van der Waals surface area contributed by atoms with Crippen LogP contribution in [0.2, 0.25) is 0 Å². The lowest BCUT2D eigenvalue weighted by Crippen LogP contribution is -2.02. The Morgan fingerprint density at radius 3 is 2.28 bits per heavy atom. The van der Waals surface area contributed by atoms with Crippen molar-refractivity contribution in [1.82, 2.24) is 0 Å². The second kappa shape index (κ2) is 10.5. The highest BCUT2D eigenvalue weighted by Crippen LogP contribution is 2.31. The van der Waals surface area contributed by atoms with Crippen LogP contribution in [0.5, 0.6) is 5.75 Å². The van der Waals surface area contributed by atoms with Crippen molar-refractivity contribution in [3.8, 4) is 16.9 Å². The molecule has 0 radical (unpaired) electrons. The lowest BCUT2D eigenvalue weighted by Gasteiger charge is -2.13. The summed E-state index contributed by atoms with van der Waals surface area (Å²) in [5.74, 6) is -0.280. The zero-order chi connectivity index (χ0) is 17.9. The topological polar surface area (TPSA) is 46.5 Å². The molecule has 0 aliphatic rings. The summed E-state index contributed by atoms with van der Waals surface area (Å²) in [5, 5.41) is 9.23. The van der Waals surface area contributed by atoms with Crippen molar-refractivity contribution >= 4 is 5.97 Å². The van der Waals surface area contributed by atoms with E-state index in [4.69, 9.17) is 4.74 Å². The van der Waals surface area contributed by atoms with E-state index in [1.54, 1.807) is 12.1 Å². The van der Waals surface area contributed by atoms with Crippen LogP contribution in [0.15, 0.2) is 48.5 Å². The van der Waals surface area contributed by atoms with Crippen LogP contribution >= 0.6 is 0 Å². The third-order valence-electron chi connectivity index (χ3n) is 4.32. The third-order valence-corrected chi connectivity index (χ3v) is 4.32. The molecule has 1 N–H and O–H groups in total. The Labute approximate surface area is 150 Å². The largest absolute Gasteiger partial charge is 0.493 e. The van der Waals surface area contributed by atoms with E-state index in [2.05, 4.69) is 6.92 Å². The van der Waals surface area contributed by atoms with Crippen molar-refractivity contribution in [3.05, 3.63) is 54.1 Å². The van der Waals surface area contributed by atoms with Crippen LogP contribution in [0.1, 0.15) is 62.2 Å². The molecule has 0 aliphatic heterocycles. The minimum atomic E-state index is -0.930. The van der Waals surface area contributed by atoms with Gasteiger partial charge in [-0.15, -0.1) is 0 Å². The van der Waals surface area contributed by atoms with Gasteiger partial charge in [0.15, 0.2) is 0 Å². The first-order valence-corrected chi connectivity index (χ1v) is 9.28. The van der Waals surface area contributed by atoms with Gasteiger partial charge in [-0.25, -0.2) is 4.79 Å². The molecule has 0 heterocycles. The lowest BCUT2D eigenvalue weighted by molar-refractivity contribution is 0.0696. The summed E-state index contributed by atoms with van der Waals surface area (Å²) >= 11 is 0. The fourth-order valence-corrected chi connectivity index (χ4v) is 2.87. The average Bonchev–Trinajstić information content (AvgIpc) is 2.64. The van der Waals surface area contributed by atoms with E-state index in [1.165, 1.54) is 32.1 Å². The Hall–Kier alpha value is -2.29. The van der Waals surface area contributed by atoms with E-state index in [-0.39, 0.29) is 5.56 Å². The van der Waals surface area contributed by atoms with E-state index in [1.807, 2.05) is 36.4 Å². The molecule has 0 fully saturated rings. The molecule has 3 nitrogen and oxygen atoms in total. The fourth-order valence-electron chi connectivity index (χ4n) is 2.87. The van der Waals surface area contributed by atoms with Gasteiger partial charge in [-0.05, 0) is 30.2 Å². The van der Waals surface area contributed by atoms with Gasteiger partial charge in [-0.3, -0.25) is 0 Å². The monoisotopic (exact) mass is 340 g/mol. The SMILES string of the molecule is CCCCCCCCCOc1cc(C(=O)O)ccc1-c1ccccc1. The van der Waals surface area contributed by atoms with E-state index in [0.717, 1.165) is 24.0 Å². The number of benzene rings is 2. The average molecular weight is 340 g/mol. The number of unbranched alkanes of at least 4 members (excludes halogenated alkanes) is 6. The predicted octanol–water partition coefficient (Wildman–Crippen LogP) is 6.18. The zero-order valence-electron chi connectivity index (χ0n) is 15.0. The van der Waals surface area contributed by atoms with Gasteiger partial charge in [0.2, 0.25) is 0 Å². The molecule has 0 bridgehead atoms. The van der Waals surface area contributed by atoms with Crippen molar-refractivity contribution in [3.63, 3.8) is 0 Å². The molecular formula is C22H28O3. The first kappa shape index (κ1) is 19.0. The molecule has 2 rings (SSSR count). The number of hydrogen-bond acceptors (Lipinski definition) is 2. The molecule has 0 spiro atoms. The molecule has 0 aromatic heterocycles. The van der Waals surface area contributed by atoms with Crippen molar-refractivity contribution in [2.45, 2.75) is 51.9 Å². The Kier molecular flexibility index (Phi) is 8.03. The Morgan fingerprint density at radius 2 is 1.60 bits per heavy atom. The number of aromatic carboxylic acids is 1. The molecule has 0 atom stereocenters. The van der Waals surface area contributed by atoms with Gasteiger partial charge in [0.1, 0.15) is 5.75 Å². The molecule has 0 unspecified atom stereocenters. The lowest BCUT2D eigenvalue weighted by atomic mass is 10.0. The fraction of sp³-hybridized carbons (Fsp3) is 0.409. The summed E-state index contributed by atoms with van der Waals surface area (Å²) in [5.41, 5.74) is 2.23. The van der Waals surface area contributed by atoms with Crippen LogP contribution in [0.4, 0.5) is 0 Å². The summed E-state index contributed by atoms with van der Waals surface area (Å²) in [6.45, 7) is 2.85. The quantitative estimate of drug-likeness (QED) is 0.497. The molecule has 25 heavy (non-hydrogen) atoms. The van der Waals surface area contributed by atoms with Gasteiger partial charge in [0.25, 0.3) is 0 Å².